The van der Waals surface area contributed by atoms with Crippen molar-refractivity contribution in [1.82, 2.24) is 10.3 Å². The summed E-state index contributed by atoms with van der Waals surface area (Å²) in [7, 11) is 0. The molecule has 2 rings (SSSR count). The van der Waals surface area contributed by atoms with E-state index in [2.05, 4.69) is 10.3 Å². The van der Waals surface area contributed by atoms with Gasteiger partial charge >= 0.3 is 0 Å². The van der Waals surface area contributed by atoms with Gasteiger partial charge in [-0.25, -0.2) is 4.98 Å². The zero-order chi connectivity index (χ0) is 13.7. The summed E-state index contributed by atoms with van der Waals surface area (Å²) in [5.74, 6) is -0.0613. The molecule has 0 aliphatic carbocycles. The third-order valence-electron chi connectivity index (χ3n) is 2.41. The molecule has 3 N–H and O–H groups in total. The number of aliphatic hydroxyl groups excluding tert-OH is 2. The predicted molar refractivity (Wildman–Crippen MR) is 69.1 cm³/mol. The van der Waals surface area contributed by atoms with Crippen LogP contribution in [0.25, 0.3) is 17.2 Å². The zero-order valence-corrected chi connectivity index (χ0v) is 10.1. The Morgan fingerprint density at radius 3 is 3.00 bits per heavy atom. The Bertz CT molecular complexity index is 558. The van der Waals surface area contributed by atoms with Gasteiger partial charge in [-0.05, 0) is 12.1 Å². The maximum atomic E-state index is 11.4. The first-order valence-corrected chi connectivity index (χ1v) is 5.79. The third-order valence-corrected chi connectivity index (χ3v) is 2.41. The summed E-state index contributed by atoms with van der Waals surface area (Å²) < 4.78 is 5.40. The summed E-state index contributed by atoms with van der Waals surface area (Å²) in [6.07, 6.45) is 1.75. The molecule has 0 aliphatic heterocycles. The Labute approximate surface area is 109 Å². The molecule has 1 atom stereocenters. The van der Waals surface area contributed by atoms with Crippen LogP contribution >= 0.6 is 0 Å². The molecule has 19 heavy (non-hydrogen) atoms. The van der Waals surface area contributed by atoms with Gasteiger partial charge < -0.3 is 19.9 Å². The number of amides is 1. The van der Waals surface area contributed by atoms with Crippen LogP contribution in [0.15, 0.2) is 34.8 Å². The number of fused-ring (bicyclic) bond motifs is 1. The SMILES string of the molecule is O=C(C=Cc1nc2ccccc2o1)NCC(O)CO. The number of benzene rings is 1. The highest BCUT2D eigenvalue weighted by molar-refractivity contribution is 5.91. The first-order valence-electron chi connectivity index (χ1n) is 5.79. The molecule has 1 aromatic heterocycles. The Balaban J connectivity index is 1.96. The van der Waals surface area contributed by atoms with E-state index in [1.54, 1.807) is 6.07 Å². The highest BCUT2D eigenvalue weighted by Crippen LogP contribution is 2.15. The van der Waals surface area contributed by atoms with E-state index in [9.17, 15) is 4.79 Å². The molecular weight excluding hydrogens is 248 g/mol. The molecule has 0 fully saturated rings. The summed E-state index contributed by atoms with van der Waals surface area (Å²) >= 11 is 0. The number of para-hydroxylation sites is 2. The minimum absolute atomic E-state index is 0.00671. The molecule has 1 heterocycles. The summed E-state index contributed by atoms with van der Waals surface area (Å²) in [5, 5.41) is 20.1. The lowest BCUT2D eigenvalue weighted by Gasteiger charge is -2.06. The molecule has 0 saturated carbocycles. The van der Waals surface area contributed by atoms with Crippen molar-refractivity contribution in [1.29, 1.82) is 0 Å². The number of nitrogens with zero attached hydrogens (tertiary/aromatic N) is 1. The second kappa shape index (κ2) is 6.12. The normalized spacial score (nSPS) is 12.9. The number of carbonyl (C=O) groups is 1. The fraction of sp³-hybridized carbons (Fsp3) is 0.231. The summed E-state index contributed by atoms with van der Waals surface area (Å²) in [6, 6.07) is 7.29. The molecule has 2 aromatic rings. The third kappa shape index (κ3) is 3.64. The second-order valence-electron chi connectivity index (χ2n) is 3.93. The van der Waals surface area contributed by atoms with Gasteiger partial charge in [-0.15, -0.1) is 0 Å². The standard InChI is InChI=1S/C13H14N2O4/c16-8-9(17)7-14-12(18)5-6-13-15-10-3-1-2-4-11(10)19-13/h1-6,9,16-17H,7-8H2,(H,14,18). The van der Waals surface area contributed by atoms with Crippen LogP contribution in [0, 0.1) is 0 Å². The van der Waals surface area contributed by atoms with Crippen molar-refractivity contribution in [2.45, 2.75) is 6.10 Å². The molecule has 1 unspecified atom stereocenters. The van der Waals surface area contributed by atoms with Crippen molar-refractivity contribution in [2.75, 3.05) is 13.2 Å². The van der Waals surface area contributed by atoms with Crippen LogP contribution in [0.3, 0.4) is 0 Å². The Hall–Kier alpha value is -2.18. The number of rotatable bonds is 5. The molecule has 0 bridgehead atoms. The van der Waals surface area contributed by atoms with E-state index in [0.29, 0.717) is 11.5 Å². The van der Waals surface area contributed by atoms with Crippen LogP contribution in [0.2, 0.25) is 0 Å². The number of oxazole rings is 1. The maximum Gasteiger partial charge on any atom is 0.244 e. The average molecular weight is 262 g/mol. The van der Waals surface area contributed by atoms with E-state index in [1.807, 2.05) is 18.2 Å². The van der Waals surface area contributed by atoms with Gasteiger partial charge in [0.1, 0.15) is 5.52 Å². The van der Waals surface area contributed by atoms with Crippen LogP contribution in [0.5, 0.6) is 0 Å². The molecule has 0 saturated heterocycles. The topological polar surface area (TPSA) is 95.6 Å². The molecular formula is C13H14N2O4. The van der Waals surface area contributed by atoms with Crippen LogP contribution in [0.4, 0.5) is 0 Å². The lowest BCUT2D eigenvalue weighted by Crippen LogP contribution is -2.32. The predicted octanol–water partition coefficient (Wildman–Crippen LogP) is 0.310. The molecule has 0 radical (unpaired) electrons. The minimum atomic E-state index is -0.957. The van der Waals surface area contributed by atoms with E-state index in [0.717, 1.165) is 5.52 Å². The number of aromatic nitrogens is 1. The van der Waals surface area contributed by atoms with E-state index in [4.69, 9.17) is 14.6 Å². The molecule has 1 amide bonds. The molecule has 0 spiro atoms. The van der Waals surface area contributed by atoms with Crippen molar-refractivity contribution in [3.63, 3.8) is 0 Å². The van der Waals surface area contributed by atoms with Gasteiger partial charge in [-0.2, -0.15) is 0 Å². The number of aliphatic hydroxyl groups is 2. The molecule has 6 nitrogen and oxygen atoms in total. The Morgan fingerprint density at radius 1 is 1.47 bits per heavy atom. The van der Waals surface area contributed by atoms with Gasteiger partial charge in [0.15, 0.2) is 5.58 Å². The van der Waals surface area contributed by atoms with Crippen molar-refractivity contribution >= 4 is 23.1 Å². The lowest BCUT2D eigenvalue weighted by atomic mass is 10.3. The van der Waals surface area contributed by atoms with Crippen molar-refractivity contribution in [3.8, 4) is 0 Å². The fourth-order valence-electron chi connectivity index (χ4n) is 1.45. The minimum Gasteiger partial charge on any atom is -0.437 e. The van der Waals surface area contributed by atoms with Gasteiger partial charge in [0.05, 0.1) is 12.7 Å². The summed E-state index contributed by atoms with van der Waals surface area (Å²) in [4.78, 5) is 15.6. The van der Waals surface area contributed by atoms with Gasteiger partial charge in [-0.3, -0.25) is 4.79 Å². The molecule has 0 aliphatic rings. The van der Waals surface area contributed by atoms with E-state index in [-0.39, 0.29) is 6.54 Å². The highest BCUT2D eigenvalue weighted by atomic mass is 16.3. The number of hydrogen-bond acceptors (Lipinski definition) is 5. The van der Waals surface area contributed by atoms with E-state index >= 15 is 0 Å². The van der Waals surface area contributed by atoms with Crippen LogP contribution < -0.4 is 5.32 Å². The molecule has 100 valence electrons. The number of nitrogens with one attached hydrogen (secondary N) is 1. The van der Waals surface area contributed by atoms with E-state index in [1.165, 1.54) is 12.2 Å². The van der Waals surface area contributed by atoms with Gasteiger partial charge in [0, 0.05) is 18.7 Å². The quantitative estimate of drug-likeness (QED) is 0.674. The fourth-order valence-corrected chi connectivity index (χ4v) is 1.45. The average Bonchev–Trinajstić information content (AvgIpc) is 2.85. The first-order chi connectivity index (χ1) is 9.19. The Morgan fingerprint density at radius 2 is 2.26 bits per heavy atom. The zero-order valence-electron chi connectivity index (χ0n) is 10.1. The second-order valence-corrected chi connectivity index (χ2v) is 3.93. The van der Waals surface area contributed by atoms with Crippen LogP contribution in [0.1, 0.15) is 5.89 Å². The van der Waals surface area contributed by atoms with Crippen molar-refractivity contribution < 1.29 is 19.4 Å². The largest absolute Gasteiger partial charge is 0.437 e. The Kier molecular flexibility index (Phi) is 4.27. The number of hydrogen-bond donors (Lipinski definition) is 3. The van der Waals surface area contributed by atoms with Crippen molar-refractivity contribution in [3.05, 3.63) is 36.2 Å². The van der Waals surface area contributed by atoms with Crippen LogP contribution in [-0.4, -0.2) is 40.4 Å². The summed E-state index contributed by atoms with van der Waals surface area (Å²) in [6.45, 7) is -0.400. The highest BCUT2D eigenvalue weighted by Gasteiger charge is 2.04. The smallest absolute Gasteiger partial charge is 0.244 e. The lowest BCUT2D eigenvalue weighted by molar-refractivity contribution is -0.117. The maximum absolute atomic E-state index is 11.4. The summed E-state index contributed by atoms with van der Waals surface area (Å²) in [5.41, 5.74) is 1.37. The van der Waals surface area contributed by atoms with Crippen molar-refractivity contribution in [2.24, 2.45) is 0 Å². The van der Waals surface area contributed by atoms with Gasteiger partial charge in [0.2, 0.25) is 11.8 Å². The monoisotopic (exact) mass is 262 g/mol. The van der Waals surface area contributed by atoms with Crippen LogP contribution in [-0.2, 0) is 4.79 Å². The van der Waals surface area contributed by atoms with E-state index < -0.39 is 18.6 Å². The molecule has 6 heteroatoms. The first kappa shape index (κ1) is 13.3. The number of carbonyl (C=O) groups excluding carboxylic acids is 1. The van der Waals surface area contributed by atoms with Gasteiger partial charge in [0.25, 0.3) is 0 Å². The van der Waals surface area contributed by atoms with Gasteiger partial charge in [-0.1, -0.05) is 12.1 Å². The molecule has 1 aromatic carbocycles.